The Labute approximate surface area is 101 Å². The standard InChI is InChI=1S/C12H21F3N2/c13-12(14,15)11-8-16-5-7-17(9-11)6-4-10-2-1-3-10/h10-11,16H,1-9H2. The number of hydrogen-bond acceptors (Lipinski definition) is 2. The summed E-state index contributed by atoms with van der Waals surface area (Å²) in [5.74, 6) is -0.429. The van der Waals surface area contributed by atoms with E-state index < -0.39 is 12.1 Å². The normalized spacial score (nSPS) is 28.8. The number of rotatable bonds is 3. The quantitative estimate of drug-likeness (QED) is 0.826. The second-order valence-corrected chi connectivity index (χ2v) is 5.33. The number of hydrogen-bond donors (Lipinski definition) is 1. The van der Waals surface area contributed by atoms with Gasteiger partial charge in [0.1, 0.15) is 0 Å². The fourth-order valence-corrected chi connectivity index (χ4v) is 2.55. The van der Waals surface area contributed by atoms with Crippen LogP contribution in [-0.4, -0.2) is 43.8 Å². The first-order valence-electron chi connectivity index (χ1n) is 6.55. The van der Waals surface area contributed by atoms with Gasteiger partial charge in [0.05, 0.1) is 5.92 Å². The molecule has 2 rings (SSSR count). The number of alkyl halides is 3. The lowest BCUT2D eigenvalue weighted by Gasteiger charge is -2.30. The Morgan fingerprint density at radius 2 is 2.00 bits per heavy atom. The Kier molecular flexibility index (Phi) is 4.31. The highest BCUT2D eigenvalue weighted by Gasteiger charge is 2.40. The van der Waals surface area contributed by atoms with Crippen LogP contribution in [0.4, 0.5) is 13.2 Å². The van der Waals surface area contributed by atoms with Gasteiger partial charge in [0.2, 0.25) is 0 Å². The van der Waals surface area contributed by atoms with E-state index in [1.807, 2.05) is 4.90 Å². The zero-order valence-corrected chi connectivity index (χ0v) is 10.1. The summed E-state index contributed by atoms with van der Waals surface area (Å²) in [5.41, 5.74) is 0. The Morgan fingerprint density at radius 3 is 2.59 bits per heavy atom. The highest BCUT2D eigenvalue weighted by atomic mass is 19.4. The monoisotopic (exact) mass is 250 g/mol. The van der Waals surface area contributed by atoms with Crippen molar-refractivity contribution >= 4 is 0 Å². The fourth-order valence-electron chi connectivity index (χ4n) is 2.55. The molecule has 1 atom stereocenters. The summed E-state index contributed by atoms with van der Waals surface area (Å²) in [5, 5.41) is 2.89. The maximum absolute atomic E-state index is 12.7. The number of nitrogens with one attached hydrogen (secondary N) is 1. The third-order valence-electron chi connectivity index (χ3n) is 4.02. The van der Waals surface area contributed by atoms with E-state index in [9.17, 15) is 13.2 Å². The predicted octanol–water partition coefficient (Wildman–Crippen LogP) is 2.26. The molecule has 1 saturated carbocycles. The zero-order chi connectivity index (χ0) is 12.3. The molecule has 2 fully saturated rings. The largest absolute Gasteiger partial charge is 0.394 e. The van der Waals surface area contributed by atoms with Crippen molar-refractivity contribution in [2.24, 2.45) is 11.8 Å². The molecule has 0 aromatic rings. The van der Waals surface area contributed by atoms with Gasteiger partial charge in [-0.05, 0) is 18.9 Å². The smallest absolute Gasteiger partial charge is 0.315 e. The Hall–Kier alpha value is -0.290. The predicted molar refractivity (Wildman–Crippen MR) is 60.8 cm³/mol. The maximum atomic E-state index is 12.7. The minimum atomic E-state index is -4.06. The van der Waals surface area contributed by atoms with Crippen LogP contribution in [0.5, 0.6) is 0 Å². The van der Waals surface area contributed by atoms with E-state index in [-0.39, 0.29) is 13.1 Å². The van der Waals surface area contributed by atoms with E-state index >= 15 is 0 Å². The van der Waals surface area contributed by atoms with E-state index in [0.29, 0.717) is 6.54 Å². The SMILES string of the molecule is FC(F)(F)C1CNCCN(CCC2CCC2)C1. The summed E-state index contributed by atoms with van der Waals surface area (Å²) < 4.78 is 38.1. The van der Waals surface area contributed by atoms with Gasteiger partial charge >= 0.3 is 6.18 Å². The van der Waals surface area contributed by atoms with Crippen LogP contribution in [0.25, 0.3) is 0 Å². The average molecular weight is 250 g/mol. The second-order valence-electron chi connectivity index (χ2n) is 5.33. The highest BCUT2D eigenvalue weighted by molar-refractivity contribution is 4.80. The summed E-state index contributed by atoms with van der Waals surface area (Å²) in [6.45, 7) is 2.50. The molecule has 2 nitrogen and oxygen atoms in total. The Balaban J connectivity index is 1.79. The van der Waals surface area contributed by atoms with Gasteiger partial charge in [-0.3, -0.25) is 0 Å². The van der Waals surface area contributed by atoms with Crippen LogP contribution in [0.1, 0.15) is 25.7 Å². The summed E-state index contributed by atoms with van der Waals surface area (Å²) in [7, 11) is 0. The third-order valence-corrected chi connectivity index (χ3v) is 4.02. The lowest BCUT2D eigenvalue weighted by atomic mass is 9.83. The van der Waals surface area contributed by atoms with Crippen LogP contribution in [0.2, 0.25) is 0 Å². The van der Waals surface area contributed by atoms with E-state index in [1.54, 1.807) is 0 Å². The molecular formula is C12H21F3N2. The van der Waals surface area contributed by atoms with Crippen molar-refractivity contribution in [3.05, 3.63) is 0 Å². The van der Waals surface area contributed by atoms with Gasteiger partial charge in [-0.1, -0.05) is 19.3 Å². The van der Waals surface area contributed by atoms with E-state index in [4.69, 9.17) is 0 Å². The van der Waals surface area contributed by atoms with Crippen molar-refractivity contribution in [2.45, 2.75) is 31.9 Å². The van der Waals surface area contributed by atoms with E-state index in [1.165, 1.54) is 19.3 Å². The molecule has 1 aliphatic heterocycles. The molecular weight excluding hydrogens is 229 g/mol. The first kappa shape index (κ1) is 13.1. The molecule has 0 spiro atoms. The topological polar surface area (TPSA) is 15.3 Å². The van der Waals surface area contributed by atoms with Crippen LogP contribution >= 0.6 is 0 Å². The van der Waals surface area contributed by atoms with Crippen LogP contribution in [0, 0.1) is 11.8 Å². The van der Waals surface area contributed by atoms with Gasteiger partial charge in [0.25, 0.3) is 0 Å². The van der Waals surface area contributed by atoms with Crippen molar-refractivity contribution in [3.8, 4) is 0 Å². The molecule has 0 bridgehead atoms. The molecule has 0 amide bonds. The highest BCUT2D eigenvalue weighted by Crippen LogP contribution is 2.31. The first-order valence-corrected chi connectivity index (χ1v) is 6.55. The van der Waals surface area contributed by atoms with Crippen molar-refractivity contribution in [1.82, 2.24) is 10.2 Å². The van der Waals surface area contributed by atoms with Crippen LogP contribution in [0.15, 0.2) is 0 Å². The Morgan fingerprint density at radius 1 is 1.24 bits per heavy atom. The molecule has 0 radical (unpaired) electrons. The van der Waals surface area contributed by atoms with Crippen LogP contribution in [-0.2, 0) is 0 Å². The molecule has 5 heteroatoms. The van der Waals surface area contributed by atoms with Crippen molar-refractivity contribution in [1.29, 1.82) is 0 Å². The van der Waals surface area contributed by atoms with Crippen molar-refractivity contribution in [3.63, 3.8) is 0 Å². The van der Waals surface area contributed by atoms with E-state index in [0.717, 1.165) is 25.4 Å². The fraction of sp³-hybridized carbons (Fsp3) is 1.00. The third kappa shape index (κ3) is 3.85. The summed E-state index contributed by atoms with van der Waals surface area (Å²) in [6, 6.07) is 0. The zero-order valence-electron chi connectivity index (χ0n) is 10.1. The van der Waals surface area contributed by atoms with Gasteiger partial charge in [0, 0.05) is 26.2 Å². The van der Waals surface area contributed by atoms with Gasteiger partial charge in [-0.15, -0.1) is 0 Å². The minimum absolute atomic E-state index is 0.0728. The van der Waals surface area contributed by atoms with Gasteiger partial charge < -0.3 is 10.2 Å². The molecule has 1 unspecified atom stereocenters. The van der Waals surface area contributed by atoms with Crippen molar-refractivity contribution < 1.29 is 13.2 Å². The van der Waals surface area contributed by atoms with Crippen LogP contribution in [0.3, 0.4) is 0 Å². The summed E-state index contributed by atoms with van der Waals surface area (Å²) >= 11 is 0. The summed E-state index contributed by atoms with van der Waals surface area (Å²) in [4.78, 5) is 1.98. The molecule has 1 aliphatic carbocycles. The molecule has 0 aromatic carbocycles. The molecule has 1 heterocycles. The average Bonchev–Trinajstić information content (AvgIpc) is 2.40. The van der Waals surface area contributed by atoms with Gasteiger partial charge in [-0.2, -0.15) is 13.2 Å². The molecule has 1 saturated heterocycles. The van der Waals surface area contributed by atoms with Crippen molar-refractivity contribution in [2.75, 3.05) is 32.7 Å². The lowest BCUT2D eigenvalue weighted by Crippen LogP contribution is -2.39. The molecule has 0 aromatic heterocycles. The van der Waals surface area contributed by atoms with Gasteiger partial charge in [0.15, 0.2) is 0 Å². The number of halogens is 3. The molecule has 100 valence electrons. The molecule has 2 aliphatic rings. The molecule has 17 heavy (non-hydrogen) atoms. The Bertz CT molecular complexity index is 238. The number of nitrogens with zero attached hydrogens (tertiary/aromatic N) is 1. The molecule has 1 N–H and O–H groups in total. The van der Waals surface area contributed by atoms with E-state index in [2.05, 4.69) is 5.32 Å². The maximum Gasteiger partial charge on any atom is 0.394 e. The van der Waals surface area contributed by atoms with Gasteiger partial charge in [-0.25, -0.2) is 0 Å². The van der Waals surface area contributed by atoms with Crippen LogP contribution < -0.4 is 5.32 Å². The summed E-state index contributed by atoms with van der Waals surface area (Å²) in [6.07, 6.45) is 0.859. The second kappa shape index (κ2) is 5.57. The first-order chi connectivity index (χ1) is 8.05. The minimum Gasteiger partial charge on any atom is -0.315 e. The lowest BCUT2D eigenvalue weighted by molar-refractivity contribution is -0.175.